The molecule has 1 aliphatic heterocycles. The first kappa shape index (κ1) is 11.7. The smallest absolute Gasteiger partial charge is 0.333 e. The quantitative estimate of drug-likeness (QED) is 0.405. The van der Waals surface area contributed by atoms with Gasteiger partial charge in [-0.1, -0.05) is 0 Å². The third-order valence-corrected chi connectivity index (χ3v) is 1.81. The molecule has 1 N–H and O–H groups in total. The van der Waals surface area contributed by atoms with Crippen LogP contribution in [-0.4, -0.2) is 43.3 Å². The highest BCUT2D eigenvalue weighted by Gasteiger charge is 2.09. The minimum absolute atomic E-state index is 0.0197. The van der Waals surface area contributed by atoms with Gasteiger partial charge >= 0.3 is 5.97 Å². The molecular formula is C10H15NO4. The molecule has 0 atom stereocenters. The lowest BCUT2D eigenvalue weighted by molar-refractivity contribution is -0.139. The second-order valence-corrected chi connectivity index (χ2v) is 3.11. The Morgan fingerprint density at radius 2 is 2.53 bits per heavy atom. The minimum atomic E-state index is -0.401. The van der Waals surface area contributed by atoms with Gasteiger partial charge in [0, 0.05) is 24.7 Å². The molecule has 0 saturated heterocycles. The molecular weight excluding hydrogens is 198 g/mol. The lowest BCUT2D eigenvalue weighted by Crippen LogP contribution is -2.09. The Morgan fingerprint density at radius 1 is 1.73 bits per heavy atom. The van der Waals surface area contributed by atoms with Gasteiger partial charge in [0.2, 0.25) is 5.90 Å². The molecule has 0 aromatic rings. The Hall–Kier alpha value is -1.36. The van der Waals surface area contributed by atoms with Crippen LogP contribution < -0.4 is 0 Å². The van der Waals surface area contributed by atoms with Crippen molar-refractivity contribution >= 4 is 11.9 Å². The number of esters is 1. The monoisotopic (exact) mass is 213 g/mol. The summed E-state index contributed by atoms with van der Waals surface area (Å²) in [6, 6.07) is 0. The van der Waals surface area contributed by atoms with Crippen molar-refractivity contribution in [2.45, 2.75) is 13.3 Å². The van der Waals surface area contributed by atoms with Crippen molar-refractivity contribution < 1.29 is 19.4 Å². The summed E-state index contributed by atoms with van der Waals surface area (Å²) >= 11 is 0. The first-order chi connectivity index (χ1) is 7.24. The zero-order valence-electron chi connectivity index (χ0n) is 8.73. The molecule has 1 heterocycles. The van der Waals surface area contributed by atoms with Crippen LogP contribution in [0.1, 0.15) is 13.3 Å². The minimum Gasteiger partial charge on any atom is -0.476 e. The van der Waals surface area contributed by atoms with E-state index in [1.54, 1.807) is 13.0 Å². The van der Waals surface area contributed by atoms with E-state index in [4.69, 9.17) is 14.6 Å². The number of carbonyl (C=O) groups excluding carboxylic acids is 1. The number of hydrogen-bond acceptors (Lipinski definition) is 5. The third-order valence-electron chi connectivity index (χ3n) is 1.81. The second kappa shape index (κ2) is 6.19. The first-order valence-electron chi connectivity index (χ1n) is 4.87. The summed E-state index contributed by atoms with van der Waals surface area (Å²) in [5, 5.41) is 8.50. The molecule has 0 radical (unpaired) electrons. The van der Waals surface area contributed by atoms with Crippen LogP contribution in [0, 0.1) is 0 Å². The standard InChI is InChI=1S/C10H15NO4/c1-8(7-9-11-3-6-14-9)10(13)15-5-2-4-12/h7,12H,2-6H2,1H3. The maximum atomic E-state index is 11.3. The van der Waals surface area contributed by atoms with Gasteiger partial charge in [-0.15, -0.1) is 0 Å². The molecule has 5 nitrogen and oxygen atoms in total. The lowest BCUT2D eigenvalue weighted by Gasteiger charge is -2.03. The van der Waals surface area contributed by atoms with E-state index in [0.29, 0.717) is 31.0 Å². The summed E-state index contributed by atoms with van der Waals surface area (Å²) in [7, 11) is 0. The van der Waals surface area contributed by atoms with Crippen molar-refractivity contribution in [1.82, 2.24) is 0 Å². The van der Waals surface area contributed by atoms with Gasteiger partial charge in [-0.25, -0.2) is 9.79 Å². The van der Waals surface area contributed by atoms with Gasteiger partial charge < -0.3 is 14.6 Å². The van der Waals surface area contributed by atoms with Crippen LogP contribution in [0.2, 0.25) is 0 Å². The maximum absolute atomic E-state index is 11.3. The first-order valence-corrected chi connectivity index (χ1v) is 4.87. The Bertz CT molecular complexity index is 283. The molecule has 0 saturated carbocycles. The number of hydrogen-bond donors (Lipinski definition) is 1. The molecule has 0 amide bonds. The fourth-order valence-corrected chi connectivity index (χ4v) is 1.03. The zero-order chi connectivity index (χ0) is 11.1. The van der Waals surface area contributed by atoms with Gasteiger partial charge in [-0.3, -0.25) is 0 Å². The van der Waals surface area contributed by atoms with Crippen molar-refractivity contribution in [2.75, 3.05) is 26.4 Å². The van der Waals surface area contributed by atoms with Crippen LogP contribution in [0.4, 0.5) is 0 Å². The molecule has 1 aliphatic rings. The molecule has 0 spiro atoms. The van der Waals surface area contributed by atoms with Crippen molar-refractivity contribution in [3.05, 3.63) is 11.6 Å². The van der Waals surface area contributed by atoms with Crippen molar-refractivity contribution in [2.24, 2.45) is 4.99 Å². The number of ether oxygens (including phenoxy) is 2. The number of aliphatic hydroxyl groups is 1. The zero-order valence-corrected chi connectivity index (χ0v) is 8.73. The van der Waals surface area contributed by atoms with Crippen LogP contribution in [0.5, 0.6) is 0 Å². The highest BCUT2D eigenvalue weighted by molar-refractivity contribution is 5.98. The summed E-state index contributed by atoms with van der Waals surface area (Å²) in [6.45, 7) is 3.10. The number of aliphatic imine (C=N–C) groups is 1. The number of rotatable bonds is 5. The van der Waals surface area contributed by atoms with Crippen LogP contribution >= 0.6 is 0 Å². The van der Waals surface area contributed by atoms with Gasteiger partial charge in [0.15, 0.2) is 0 Å². The van der Waals surface area contributed by atoms with Gasteiger partial charge in [0.25, 0.3) is 0 Å². The Labute approximate surface area is 88.4 Å². The molecule has 5 heteroatoms. The molecule has 0 bridgehead atoms. The SMILES string of the molecule is CC(=CC1=NCCO1)C(=O)OCCCO. The van der Waals surface area contributed by atoms with Crippen molar-refractivity contribution in [3.8, 4) is 0 Å². The van der Waals surface area contributed by atoms with Crippen LogP contribution in [0.15, 0.2) is 16.6 Å². The maximum Gasteiger partial charge on any atom is 0.333 e. The number of carbonyl (C=O) groups is 1. The van der Waals surface area contributed by atoms with E-state index < -0.39 is 5.97 Å². The molecule has 1 rings (SSSR count). The average Bonchev–Trinajstić information content (AvgIpc) is 2.70. The normalized spacial score (nSPS) is 15.9. The highest BCUT2D eigenvalue weighted by Crippen LogP contribution is 2.02. The average molecular weight is 213 g/mol. The molecule has 0 aliphatic carbocycles. The van der Waals surface area contributed by atoms with E-state index in [0.717, 1.165) is 0 Å². The molecule has 0 aromatic carbocycles. The molecule has 15 heavy (non-hydrogen) atoms. The van der Waals surface area contributed by atoms with Crippen molar-refractivity contribution in [1.29, 1.82) is 0 Å². The topological polar surface area (TPSA) is 68.1 Å². The van der Waals surface area contributed by atoms with Gasteiger partial charge in [-0.2, -0.15) is 0 Å². The highest BCUT2D eigenvalue weighted by atomic mass is 16.5. The Balaban J connectivity index is 2.37. The van der Waals surface area contributed by atoms with E-state index >= 15 is 0 Å². The largest absolute Gasteiger partial charge is 0.476 e. The van der Waals surface area contributed by atoms with E-state index in [2.05, 4.69) is 4.99 Å². The summed E-state index contributed by atoms with van der Waals surface area (Å²) in [6.07, 6.45) is 2.02. The van der Waals surface area contributed by atoms with Gasteiger partial charge in [0.1, 0.15) is 6.61 Å². The van der Waals surface area contributed by atoms with E-state index in [9.17, 15) is 4.79 Å². The summed E-state index contributed by atoms with van der Waals surface area (Å²) in [5.41, 5.74) is 0.452. The Kier molecular flexibility index (Phi) is 4.83. The predicted octanol–water partition coefficient (Wildman–Crippen LogP) is 0.287. The van der Waals surface area contributed by atoms with Gasteiger partial charge in [-0.05, 0) is 6.92 Å². The molecule has 0 aromatic heterocycles. The van der Waals surface area contributed by atoms with Crippen LogP contribution in [0.3, 0.4) is 0 Å². The fourth-order valence-electron chi connectivity index (χ4n) is 1.03. The van der Waals surface area contributed by atoms with Crippen molar-refractivity contribution in [3.63, 3.8) is 0 Å². The molecule has 0 fully saturated rings. The van der Waals surface area contributed by atoms with Crippen LogP contribution in [0.25, 0.3) is 0 Å². The summed E-state index contributed by atoms with van der Waals surface area (Å²) in [4.78, 5) is 15.3. The summed E-state index contributed by atoms with van der Waals surface area (Å²) < 4.78 is 10.0. The summed E-state index contributed by atoms with van der Waals surface area (Å²) in [5.74, 6) is 0.0771. The van der Waals surface area contributed by atoms with E-state index in [-0.39, 0.29) is 13.2 Å². The van der Waals surface area contributed by atoms with Gasteiger partial charge in [0.05, 0.1) is 13.2 Å². The fraction of sp³-hybridized carbons (Fsp3) is 0.600. The van der Waals surface area contributed by atoms with E-state index in [1.165, 1.54) is 0 Å². The van der Waals surface area contributed by atoms with Crippen LogP contribution in [-0.2, 0) is 14.3 Å². The lowest BCUT2D eigenvalue weighted by atomic mass is 10.3. The second-order valence-electron chi connectivity index (χ2n) is 3.11. The Morgan fingerprint density at radius 3 is 3.13 bits per heavy atom. The van der Waals surface area contributed by atoms with E-state index in [1.807, 2.05) is 0 Å². The predicted molar refractivity (Wildman–Crippen MR) is 54.7 cm³/mol. The molecule has 0 unspecified atom stereocenters. The number of nitrogens with zero attached hydrogens (tertiary/aromatic N) is 1. The number of aliphatic hydroxyl groups excluding tert-OH is 1. The molecule has 84 valence electrons. The third kappa shape index (κ3) is 4.12.